The number of ether oxygens (including phenoxy) is 1. The Hall–Kier alpha value is -4.05. The maximum atomic E-state index is 13.0. The van der Waals surface area contributed by atoms with Gasteiger partial charge in [0.2, 0.25) is 0 Å². The Kier molecular flexibility index (Phi) is 8.52. The molecule has 3 amide bonds. The summed E-state index contributed by atoms with van der Waals surface area (Å²) in [6.07, 6.45) is -4.60. The predicted octanol–water partition coefficient (Wildman–Crippen LogP) is 5.07. The molecular weight excluding hydrogens is 499 g/mol. The van der Waals surface area contributed by atoms with Gasteiger partial charge >= 0.3 is 12.2 Å². The number of nitrogens with one attached hydrogen (secondary N) is 2. The lowest BCUT2D eigenvalue weighted by molar-refractivity contribution is -0.137. The van der Waals surface area contributed by atoms with E-state index < -0.39 is 35.8 Å². The molecule has 2 unspecified atom stereocenters. The van der Waals surface area contributed by atoms with Gasteiger partial charge in [0.05, 0.1) is 17.7 Å². The van der Waals surface area contributed by atoms with Gasteiger partial charge < -0.3 is 25.4 Å². The first-order valence-corrected chi connectivity index (χ1v) is 12.2. The summed E-state index contributed by atoms with van der Waals surface area (Å²) in [6.45, 7) is 0.663. The first-order chi connectivity index (χ1) is 18.2. The van der Waals surface area contributed by atoms with Crippen LogP contribution in [0.4, 0.5) is 23.7 Å². The highest BCUT2D eigenvalue weighted by atomic mass is 19.4. The predicted molar refractivity (Wildman–Crippen MR) is 136 cm³/mol. The van der Waals surface area contributed by atoms with Crippen molar-refractivity contribution in [3.8, 4) is 5.75 Å². The molecule has 200 valence electrons. The summed E-state index contributed by atoms with van der Waals surface area (Å²) in [5.74, 6) is 0.168. The number of aliphatic hydroxyl groups is 1. The summed E-state index contributed by atoms with van der Waals surface area (Å²) >= 11 is 0. The van der Waals surface area contributed by atoms with Crippen LogP contribution in [0, 0.1) is 0 Å². The topological polar surface area (TPSA) is 90.9 Å². The lowest BCUT2D eigenvalue weighted by atomic mass is 10.1. The molecule has 0 aromatic heterocycles. The minimum atomic E-state index is -4.53. The number of amides is 3. The summed E-state index contributed by atoms with van der Waals surface area (Å²) in [5, 5.41) is 15.8. The Morgan fingerprint density at radius 2 is 1.74 bits per heavy atom. The average molecular weight is 528 g/mol. The van der Waals surface area contributed by atoms with Gasteiger partial charge in [-0.3, -0.25) is 4.79 Å². The molecule has 0 aliphatic carbocycles. The number of likely N-dealkylation sites (tertiary alicyclic amines) is 1. The number of rotatable bonds is 6. The smallest absolute Gasteiger partial charge is 0.416 e. The molecule has 4 rings (SSSR count). The SMILES string of the molecule is O=C(NC1CN(C(=O)Nc2cccc(C(F)(F)F)c2)CCCC1O)c1ccc(OCc2ccccc2)cc1. The number of anilines is 1. The quantitative estimate of drug-likeness (QED) is 0.418. The van der Waals surface area contributed by atoms with Crippen molar-refractivity contribution in [1.29, 1.82) is 0 Å². The fourth-order valence-corrected chi connectivity index (χ4v) is 4.14. The number of urea groups is 1. The summed E-state index contributed by atoms with van der Waals surface area (Å²) < 4.78 is 44.7. The van der Waals surface area contributed by atoms with Crippen molar-refractivity contribution in [2.75, 3.05) is 18.4 Å². The minimum absolute atomic E-state index is 0.00400. The van der Waals surface area contributed by atoms with E-state index in [2.05, 4.69) is 10.6 Å². The van der Waals surface area contributed by atoms with Crippen molar-refractivity contribution in [3.63, 3.8) is 0 Å². The van der Waals surface area contributed by atoms with Crippen LogP contribution in [0.1, 0.15) is 34.3 Å². The van der Waals surface area contributed by atoms with Crippen LogP contribution in [0.25, 0.3) is 0 Å². The van der Waals surface area contributed by atoms with E-state index in [0.717, 1.165) is 17.7 Å². The fourth-order valence-electron chi connectivity index (χ4n) is 4.14. The van der Waals surface area contributed by atoms with Crippen LogP contribution in [0.2, 0.25) is 0 Å². The molecule has 0 spiro atoms. The van der Waals surface area contributed by atoms with Crippen molar-refractivity contribution in [2.45, 2.75) is 37.8 Å². The van der Waals surface area contributed by atoms with Crippen molar-refractivity contribution in [1.82, 2.24) is 10.2 Å². The van der Waals surface area contributed by atoms with Crippen LogP contribution in [-0.2, 0) is 12.8 Å². The van der Waals surface area contributed by atoms with Gasteiger partial charge in [0.25, 0.3) is 5.91 Å². The zero-order chi connectivity index (χ0) is 27.1. The Balaban J connectivity index is 1.35. The zero-order valence-corrected chi connectivity index (χ0v) is 20.4. The molecule has 3 aromatic rings. The zero-order valence-electron chi connectivity index (χ0n) is 20.4. The molecule has 10 heteroatoms. The van der Waals surface area contributed by atoms with Crippen LogP contribution in [0.5, 0.6) is 5.75 Å². The number of benzene rings is 3. The number of aliphatic hydroxyl groups excluding tert-OH is 1. The molecule has 1 saturated heterocycles. The molecule has 7 nitrogen and oxygen atoms in total. The van der Waals surface area contributed by atoms with Gasteiger partial charge in [-0.1, -0.05) is 36.4 Å². The molecule has 0 bridgehead atoms. The van der Waals surface area contributed by atoms with Gasteiger partial charge in [-0.15, -0.1) is 0 Å². The second kappa shape index (κ2) is 12.0. The number of alkyl halides is 3. The van der Waals surface area contributed by atoms with E-state index in [0.29, 0.717) is 30.8 Å². The Morgan fingerprint density at radius 1 is 1.00 bits per heavy atom. The lowest BCUT2D eigenvalue weighted by Gasteiger charge is -2.27. The van der Waals surface area contributed by atoms with Crippen molar-refractivity contribution < 1.29 is 32.6 Å². The molecule has 1 heterocycles. The molecule has 2 atom stereocenters. The third-order valence-electron chi connectivity index (χ3n) is 6.22. The normalized spacial score (nSPS) is 17.8. The molecule has 0 saturated carbocycles. The van der Waals surface area contributed by atoms with Crippen molar-refractivity contribution in [3.05, 3.63) is 95.6 Å². The van der Waals surface area contributed by atoms with Crippen LogP contribution < -0.4 is 15.4 Å². The molecule has 1 aliphatic rings. The van der Waals surface area contributed by atoms with Crippen LogP contribution >= 0.6 is 0 Å². The first kappa shape index (κ1) is 27.0. The molecular formula is C28H28F3N3O4. The number of carbonyl (C=O) groups is 2. The molecule has 38 heavy (non-hydrogen) atoms. The van der Waals surface area contributed by atoms with Gasteiger partial charge in [-0.25, -0.2) is 4.79 Å². The standard InChI is InChI=1S/C28H28F3N3O4/c29-28(30,31)21-8-4-9-22(16-21)32-27(37)34-15-5-10-25(35)24(17-34)33-26(36)20-11-13-23(14-12-20)38-18-19-6-2-1-3-7-19/h1-4,6-9,11-14,16,24-25,35H,5,10,15,17-18H2,(H,32,37)(H,33,36). The van der Waals surface area contributed by atoms with Gasteiger partial charge in [0.1, 0.15) is 12.4 Å². The highest BCUT2D eigenvalue weighted by Gasteiger charge is 2.32. The number of hydrogen-bond acceptors (Lipinski definition) is 4. The minimum Gasteiger partial charge on any atom is -0.489 e. The van der Waals surface area contributed by atoms with E-state index in [-0.39, 0.29) is 18.8 Å². The molecule has 1 fully saturated rings. The monoisotopic (exact) mass is 527 g/mol. The Bertz CT molecular complexity index is 1240. The number of carbonyl (C=O) groups excluding carboxylic acids is 2. The van der Waals surface area contributed by atoms with E-state index >= 15 is 0 Å². The average Bonchev–Trinajstić information content (AvgIpc) is 3.09. The Labute approximate surface area is 218 Å². The number of nitrogens with zero attached hydrogens (tertiary/aromatic N) is 1. The summed E-state index contributed by atoms with van der Waals surface area (Å²) in [4.78, 5) is 27.1. The van der Waals surface area contributed by atoms with Crippen molar-refractivity contribution in [2.24, 2.45) is 0 Å². The third-order valence-corrected chi connectivity index (χ3v) is 6.22. The fraction of sp³-hybridized carbons (Fsp3) is 0.286. The molecule has 3 aromatic carbocycles. The van der Waals surface area contributed by atoms with Crippen LogP contribution in [-0.4, -0.2) is 47.2 Å². The summed E-state index contributed by atoms with van der Waals surface area (Å²) in [5.41, 5.74) is 0.500. The van der Waals surface area contributed by atoms with Crippen LogP contribution in [0.3, 0.4) is 0 Å². The van der Waals surface area contributed by atoms with E-state index in [4.69, 9.17) is 4.74 Å². The van der Waals surface area contributed by atoms with Gasteiger partial charge in [-0.2, -0.15) is 13.2 Å². The van der Waals surface area contributed by atoms with E-state index in [1.165, 1.54) is 17.0 Å². The Morgan fingerprint density at radius 3 is 2.45 bits per heavy atom. The largest absolute Gasteiger partial charge is 0.489 e. The maximum Gasteiger partial charge on any atom is 0.416 e. The third kappa shape index (κ3) is 7.25. The second-order valence-corrected chi connectivity index (χ2v) is 9.04. The lowest BCUT2D eigenvalue weighted by Crippen LogP contribution is -2.50. The number of hydrogen-bond donors (Lipinski definition) is 3. The number of halogens is 3. The molecule has 0 radical (unpaired) electrons. The van der Waals surface area contributed by atoms with E-state index in [1.807, 2.05) is 30.3 Å². The maximum absolute atomic E-state index is 13.0. The van der Waals surface area contributed by atoms with Crippen molar-refractivity contribution >= 4 is 17.6 Å². The summed E-state index contributed by atoms with van der Waals surface area (Å²) in [6, 6.07) is 19.2. The molecule has 1 aliphatic heterocycles. The van der Waals surface area contributed by atoms with Gasteiger partial charge in [0.15, 0.2) is 0 Å². The van der Waals surface area contributed by atoms with E-state index in [1.54, 1.807) is 24.3 Å². The van der Waals surface area contributed by atoms with Gasteiger partial charge in [-0.05, 0) is 60.9 Å². The first-order valence-electron chi connectivity index (χ1n) is 12.2. The van der Waals surface area contributed by atoms with Crippen LogP contribution in [0.15, 0.2) is 78.9 Å². The highest BCUT2D eigenvalue weighted by Crippen LogP contribution is 2.30. The summed E-state index contributed by atoms with van der Waals surface area (Å²) in [7, 11) is 0. The van der Waals surface area contributed by atoms with Gasteiger partial charge in [0, 0.05) is 24.3 Å². The second-order valence-electron chi connectivity index (χ2n) is 9.04. The van der Waals surface area contributed by atoms with E-state index in [9.17, 15) is 27.9 Å². The highest BCUT2D eigenvalue weighted by molar-refractivity contribution is 5.94. The molecule has 3 N–H and O–H groups in total.